The molecule has 196 valence electrons. The Bertz CT molecular complexity index is 998. The molecule has 36 heavy (non-hydrogen) atoms. The van der Waals surface area contributed by atoms with Crippen LogP contribution >= 0.6 is 0 Å². The first-order valence-electron chi connectivity index (χ1n) is 12.0. The molecule has 0 radical (unpaired) electrons. The summed E-state index contributed by atoms with van der Waals surface area (Å²) in [4.78, 5) is 64.5. The fraction of sp³-hybridized carbons (Fsp3) is 0.542. The fourth-order valence-corrected chi connectivity index (χ4v) is 4.74. The monoisotopic (exact) mass is 504 g/mol. The lowest BCUT2D eigenvalue weighted by molar-refractivity contribution is -0.149. The molecule has 2 aliphatic rings. The van der Waals surface area contributed by atoms with E-state index in [1.165, 1.54) is 21.9 Å². The molecule has 4 unspecified atom stereocenters. The van der Waals surface area contributed by atoms with Gasteiger partial charge in [0, 0.05) is 25.9 Å². The Hall–Kier alpha value is -3.67. The number of hydrogen-bond acceptors (Lipinski definition) is 7. The summed E-state index contributed by atoms with van der Waals surface area (Å²) in [6.07, 6.45) is 1.46. The molecule has 2 aliphatic heterocycles. The van der Waals surface area contributed by atoms with E-state index in [4.69, 9.17) is 10.8 Å². The topological polar surface area (TPSA) is 191 Å². The smallest absolute Gasteiger partial charge is 0.326 e. The normalized spacial score (nSPS) is 21.1. The molecule has 0 saturated carbocycles. The summed E-state index contributed by atoms with van der Waals surface area (Å²) in [5.41, 5.74) is 6.52. The Kier molecular flexibility index (Phi) is 8.86. The lowest BCUT2D eigenvalue weighted by Crippen LogP contribution is -2.57. The first-order chi connectivity index (χ1) is 17.1. The molecule has 0 aliphatic carbocycles. The van der Waals surface area contributed by atoms with Gasteiger partial charge in [0.1, 0.15) is 23.9 Å². The van der Waals surface area contributed by atoms with Crippen LogP contribution in [0.5, 0.6) is 5.75 Å². The molecular formula is C24H32N4O8. The number of rotatable bonds is 10. The van der Waals surface area contributed by atoms with Crippen LogP contribution in [-0.2, 0) is 30.4 Å². The van der Waals surface area contributed by atoms with Gasteiger partial charge in [-0.1, -0.05) is 12.1 Å². The van der Waals surface area contributed by atoms with Crippen molar-refractivity contribution in [3.8, 4) is 5.75 Å². The van der Waals surface area contributed by atoms with Crippen LogP contribution in [0.2, 0.25) is 0 Å². The Balaban J connectivity index is 1.76. The van der Waals surface area contributed by atoms with E-state index in [0.717, 1.165) is 0 Å². The maximum atomic E-state index is 13.4. The van der Waals surface area contributed by atoms with Crippen molar-refractivity contribution < 1.29 is 39.3 Å². The third-order valence-corrected chi connectivity index (χ3v) is 6.64. The van der Waals surface area contributed by atoms with Crippen molar-refractivity contribution in [3.05, 3.63) is 29.8 Å². The number of carbonyl (C=O) groups excluding carboxylic acids is 3. The summed E-state index contributed by atoms with van der Waals surface area (Å²) in [6, 6.07) is 2.10. The minimum atomic E-state index is -1.11. The second-order valence-electron chi connectivity index (χ2n) is 9.19. The van der Waals surface area contributed by atoms with Gasteiger partial charge in [0.15, 0.2) is 0 Å². The highest BCUT2D eigenvalue weighted by Gasteiger charge is 2.41. The lowest BCUT2D eigenvalue weighted by atomic mass is 10.0. The molecule has 1 aromatic rings. The first kappa shape index (κ1) is 26.9. The maximum absolute atomic E-state index is 13.4. The van der Waals surface area contributed by atoms with Crippen molar-refractivity contribution in [2.45, 2.75) is 69.1 Å². The zero-order valence-electron chi connectivity index (χ0n) is 19.8. The van der Waals surface area contributed by atoms with Crippen LogP contribution in [0, 0.1) is 0 Å². The molecule has 0 aromatic heterocycles. The van der Waals surface area contributed by atoms with E-state index in [1.807, 2.05) is 0 Å². The third kappa shape index (κ3) is 6.51. The largest absolute Gasteiger partial charge is 0.508 e. The van der Waals surface area contributed by atoms with Gasteiger partial charge in [-0.3, -0.25) is 19.2 Å². The number of nitrogens with two attached hydrogens (primary N) is 1. The van der Waals surface area contributed by atoms with E-state index in [2.05, 4.69) is 5.32 Å². The molecule has 12 nitrogen and oxygen atoms in total. The number of phenols is 1. The number of hydrogen-bond donors (Lipinski definition) is 5. The standard InChI is InChI=1S/C24H32N4O8/c25-16(9-10-20(30)31)22(33)27-11-1-3-18(27)21(32)26-17(13-14-5-7-15(29)8-6-14)23(34)28-12-2-4-19(28)24(35)36/h5-8,16-19,29H,1-4,9-13,25H2,(H,26,32)(H,30,31)(H,35,36). The molecule has 3 rings (SSSR count). The van der Waals surface area contributed by atoms with Gasteiger partial charge in [0.25, 0.3) is 0 Å². The summed E-state index contributed by atoms with van der Waals surface area (Å²) in [5, 5.41) is 30.6. The quantitative estimate of drug-likeness (QED) is 0.284. The molecule has 2 heterocycles. The van der Waals surface area contributed by atoms with Gasteiger partial charge in [0.2, 0.25) is 17.7 Å². The predicted octanol–water partition coefficient (Wildman–Crippen LogP) is -0.322. The summed E-state index contributed by atoms with van der Waals surface area (Å²) < 4.78 is 0. The molecule has 3 amide bonds. The van der Waals surface area contributed by atoms with Gasteiger partial charge in [-0.05, 0) is 49.8 Å². The van der Waals surface area contributed by atoms with Gasteiger partial charge >= 0.3 is 11.9 Å². The minimum absolute atomic E-state index is 0.0375. The Labute approximate surface area is 208 Å². The zero-order chi connectivity index (χ0) is 26.4. The number of aliphatic carboxylic acids is 2. The van der Waals surface area contributed by atoms with E-state index in [1.54, 1.807) is 12.1 Å². The number of amides is 3. The van der Waals surface area contributed by atoms with E-state index >= 15 is 0 Å². The molecule has 1 aromatic carbocycles. The van der Waals surface area contributed by atoms with E-state index < -0.39 is 53.8 Å². The third-order valence-electron chi connectivity index (χ3n) is 6.64. The van der Waals surface area contributed by atoms with Gasteiger partial charge in [-0.15, -0.1) is 0 Å². The molecule has 2 fully saturated rings. The number of likely N-dealkylation sites (tertiary alicyclic amines) is 2. The van der Waals surface area contributed by atoms with Crippen LogP contribution in [0.25, 0.3) is 0 Å². The predicted molar refractivity (Wildman–Crippen MR) is 126 cm³/mol. The zero-order valence-corrected chi connectivity index (χ0v) is 19.8. The number of nitrogens with one attached hydrogen (secondary N) is 1. The molecule has 4 atom stereocenters. The highest BCUT2D eigenvalue weighted by atomic mass is 16.4. The Morgan fingerprint density at radius 3 is 2.11 bits per heavy atom. The number of carbonyl (C=O) groups is 5. The van der Waals surface area contributed by atoms with Crippen LogP contribution in [0.4, 0.5) is 0 Å². The summed E-state index contributed by atoms with van der Waals surface area (Å²) >= 11 is 0. The molecule has 0 bridgehead atoms. The van der Waals surface area contributed by atoms with E-state index in [-0.39, 0.29) is 38.1 Å². The first-order valence-corrected chi connectivity index (χ1v) is 12.0. The number of nitrogens with zero attached hydrogens (tertiary/aromatic N) is 2. The van der Waals surface area contributed by atoms with Gasteiger partial charge < -0.3 is 36.2 Å². The van der Waals surface area contributed by atoms with Crippen LogP contribution in [0.3, 0.4) is 0 Å². The van der Waals surface area contributed by atoms with Crippen molar-refractivity contribution in [1.29, 1.82) is 0 Å². The Morgan fingerprint density at radius 2 is 1.53 bits per heavy atom. The van der Waals surface area contributed by atoms with Crippen LogP contribution in [0.1, 0.15) is 44.1 Å². The van der Waals surface area contributed by atoms with Crippen LogP contribution < -0.4 is 11.1 Å². The molecule has 12 heteroatoms. The van der Waals surface area contributed by atoms with Crippen molar-refractivity contribution >= 4 is 29.7 Å². The van der Waals surface area contributed by atoms with Crippen LogP contribution in [-0.4, -0.2) is 92.0 Å². The number of carboxylic acids is 2. The molecular weight excluding hydrogens is 472 g/mol. The lowest BCUT2D eigenvalue weighted by Gasteiger charge is -2.30. The van der Waals surface area contributed by atoms with Gasteiger partial charge in [-0.25, -0.2) is 4.79 Å². The number of benzene rings is 1. The summed E-state index contributed by atoms with van der Waals surface area (Å²) in [7, 11) is 0. The summed E-state index contributed by atoms with van der Waals surface area (Å²) in [5.74, 6) is -3.77. The Morgan fingerprint density at radius 1 is 0.944 bits per heavy atom. The molecule has 6 N–H and O–H groups in total. The molecule has 2 saturated heterocycles. The number of carboxylic acid groups (broad SMARTS) is 2. The van der Waals surface area contributed by atoms with Crippen molar-refractivity contribution in [2.24, 2.45) is 5.73 Å². The number of aromatic hydroxyl groups is 1. The average Bonchev–Trinajstić information content (AvgIpc) is 3.52. The second-order valence-corrected chi connectivity index (χ2v) is 9.19. The highest BCUT2D eigenvalue weighted by Crippen LogP contribution is 2.22. The number of phenolic OH excluding ortho intramolecular Hbond substituents is 1. The van der Waals surface area contributed by atoms with Crippen molar-refractivity contribution in [2.75, 3.05) is 13.1 Å². The van der Waals surface area contributed by atoms with E-state index in [9.17, 15) is 34.2 Å². The van der Waals surface area contributed by atoms with Gasteiger partial charge in [0.05, 0.1) is 6.04 Å². The molecule has 0 spiro atoms. The SMILES string of the molecule is NC(CCC(=O)O)C(=O)N1CCCC1C(=O)NC(Cc1ccc(O)cc1)C(=O)N1CCCC1C(=O)O. The fourth-order valence-electron chi connectivity index (χ4n) is 4.74. The maximum Gasteiger partial charge on any atom is 0.326 e. The van der Waals surface area contributed by atoms with Crippen molar-refractivity contribution in [1.82, 2.24) is 15.1 Å². The average molecular weight is 505 g/mol. The minimum Gasteiger partial charge on any atom is -0.508 e. The summed E-state index contributed by atoms with van der Waals surface area (Å²) in [6.45, 7) is 0.533. The van der Waals surface area contributed by atoms with Crippen molar-refractivity contribution in [3.63, 3.8) is 0 Å². The van der Waals surface area contributed by atoms with E-state index in [0.29, 0.717) is 31.2 Å². The van der Waals surface area contributed by atoms with Crippen LogP contribution in [0.15, 0.2) is 24.3 Å². The second kappa shape index (κ2) is 11.8. The van der Waals surface area contributed by atoms with Gasteiger partial charge in [-0.2, -0.15) is 0 Å². The highest BCUT2D eigenvalue weighted by molar-refractivity contribution is 5.94.